The van der Waals surface area contributed by atoms with Crippen molar-refractivity contribution in [3.8, 4) is 17.1 Å². The number of carbonyl (C=O) groups excluding carboxylic acids is 1. The molecule has 0 unspecified atom stereocenters. The van der Waals surface area contributed by atoms with Gasteiger partial charge in [0.1, 0.15) is 0 Å². The summed E-state index contributed by atoms with van der Waals surface area (Å²) in [5, 5.41) is 12.0. The second kappa shape index (κ2) is 10.7. The van der Waals surface area contributed by atoms with E-state index in [0.29, 0.717) is 29.2 Å². The zero-order valence-electron chi connectivity index (χ0n) is 21.6. The molecule has 9 nitrogen and oxygen atoms in total. The Balaban J connectivity index is 1.48. The summed E-state index contributed by atoms with van der Waals surface area (Å²) in [4.78, 5) is 30.5. The average molecular weight is 543 g/mol. The summed E-state index contributed by atoms with van der Waals surface area (Å²) in [6.07, 6.45) is -0.0299. The van der Waals surface area contributed by atoms with Crippen molar-refractivity contribution < 1.29 is 27.8 Å². The van der Waals surface area contributed by atoms with Crippen molar-refractivity contribution in [2.75, 3.05) is 41.4 Å². The molecule has 2 atom stereocenters. The van der Waals surface area contributed by atoms with Crippen LogP contribution in [0.4, 0.5) is 35.3 Å². The molecule has 2 aliphatic heterocycles. The predicted molar refractivity (Wildman–Crippen MR) is 140 cm³/mol. The lowest BCUT2D eigenvalue weighted by molar-refractivity contribution is -0.137. The number of ether oxygens (including phenoxy) is 1. The van der Waals surface area contributed by atoms with E-state index in [-0.39, 0.29) is 36.9 Å². The van der Waals surface area contributed by atoms with Crippen LogP contribution in [0.5, 0.6) is 5.88 Å². The van der Waals surface area contributed by atoms with Crippen molar-refractivity contribution in [1.29, 1.82) is 0 Å². The number of piperidine rings is 1. The van der Waals surface area contributed by atoms with Crippen molar-refractivity contribution in [1.82, 2.24) is 15.0 Å². The molecule has 39 heavy (non-hydrogen) atoms. The zero-order valence-corrected chi connectivity index (χ0v) is 21.6. The van der Waals surface area contributed by atoms with Crippen LogP contribution in [0, 0.1) is 12.8 Å². The van der Waals surface area contributed by atoms with Gasteiger partial charge in [0.25, 0.3) is 0 Å². The van der Waals surface area contributed by atoms with Gasteiger partial charge >= 0.3 is 12.2 Å². The van der Waals surface area contributed by atoms with Gasteiger partial charge in [-0.3, -0.25) is 15.2 Å². The van der Waals surface area contributed by atoms with Crippen LogP contribution in [0.2, 0.25) is 0 Å². The number of fused-ring (bicyclic) bond motifs is 4. The summed E-state index contributed by atoms with van der Waals surface area (Å²) in [6, 6.07) is 6.29. The fourth-order valence-electron chi connectivity index (χ4n) is 4.88. The van der Waals surface area contributed by atoms with Crippen molar-refractivity contribution in [2.24, 2.45) is 5.92 Å². The number of hydrogen-bond donors (Lipinski definition) is 2. The molecule has 4 heterocycles. The number of rotatable bonds is 6. The summed E-state index contributed by atoms with van der Waals surface area (Å²) in [7, 11) is 0. The Bertz CT molecular complexity index is 1370. The molecule has 0 radical (unpaired) electrons. The number of aromatic nitrogens is 3. The fourth-order valence-corrected chi connectivity index (χ4v) is 4.88. The van der Waals surface area contributed by atoms with Crippen LogP contribution >= 0.6 is 0 Å². The van der Waals surface area contributed by atoms with Gasteiger partial charge < -0.3 is 14.7 Å². The summed E-state index contributed by atoms with van der Waals surface area (Å²) in [6.45, 7) is 5.26. The number of alkyl halides is 3. The van der Waals surface area contributed by atoms with Crippen molar-refractivity contribution in [3.05, 3.63) is 53.9 Å². The van der Waals surface area contributed by atoms with E-state index in [2.05, 4.69) is 20.2 Å². The number of nitrogens with zero attached hydrogens (tertiary/aromatic N) is 5. The highest BCUT2D eigenvalue weighted by Gasteiger charge is 2.39. The topological polar surface area (TPSA) is 104 Å². The van der Waals surface area contributed by atoms with Crippen molar-refractivity contribution >= 4 is 23.4 Å². The Morgan fingerprint density at radius 2 is 2.08 bits per heavy atom. The molecule has 0 aliphatic carbocycles. The van der Waals surface area contributed by atoms with Crippen LogP contribution in [0.3, 0.4) is 0 Å². The third-order valence-corrected chi connectivity index (χ3v) is 6.86. The third-order valence-electron chi connectivity index (χ3n) is 6.86. The van der Waals surface area contributed by atoms with Gasteiger partial charge in [-0.25, -0.2) is 9.78 Å². The van der Waals surface area contributed by atoms with Crippen LogP contribution < -0.4 is 19.9 Å². The Hall–Kier alpha value is -3.93. The van der Waals surface area contributed by atoms with Crippen LogP contribution in [-0.2, 0) is 6.18 Å². The zero-order chi connectivity index (χ0) is 27.7. The summed E-state index contributed by atoms with van der Waals surface area (Å²) >= 11 is 0. The first-order valence-corrected chi connectivity index (χ1v) is 12.7. The number of halogens is 3. The van der Waals surface area contributed by atoms with E-state index in [0.717, 1.165) is 37.2 Å². The van der Waals surface area contributed by atoms with Gasteiger partial charge in [-0.1, -0.05) is 19.1 Å². The van der Waals surface area contributed by atoms with E-state index in [1.54, 1.807) is 11.0 Å². The molecule has 2 amide bonds. The molecule has 0 saturated carbocycles. The maximum atomic E-state index is 13.6. The highest BCUT2D eigenvalue weighted by Crippen LogP contribution is 2.41. The molecule has 2 bridgehead atoms. The summed E-state index contributed by atoms with van der Waals surface area (Å²) in [5.74, 6) is 0.680. The molecule has 1 aromatic carbocycles. The molecular weight excluding hydrogens is 513 g/mol. The quantitative estimate of drug-likeness (QED) is 0.457. The number of carbonyl (C=O) groups is 1. The fraction of sp³-hybridized carbons (Fsp3) is 0.407. The largest absolute Gasteiger partial charge is 0.476 e. The normalized spacial score (nSPS) is 17.4. The number of nitrogens with one attached hydrogen (secondary N) is 1. The molecule has 1 saturated heterocycles. The molecule has 0 spiro atoms. The number of benzene rings is 1. The molecule has 1 fully saturated rings. The van der Waals surface area contributed by atoms with Crippen LogP contribution in [0.1, 0.15) is 30.9 Å². The number of pyridine rings is 1. The highest BCUT2D eigenvalue weighted by atomic mass is 19.4. The summed E-state index contributed by atoms with van der Waals surface area (Å²) < 4.78 is 45.8. The Labute approximate surface area is 223 Å². The molecule has 3 aromatic rings. The molecule has 12 heteroatoms. The van der Waals surface area contributed by atoms with Crippen LogP contribution in [0.25, 0.3) is 11.3 Å². The lowest BCUT2D eigenvalue weighted by atomic mass is 9.97. The van der Waals surface area contributed by atoms with Gasteiger partial charge in [0.15, 0.2) is 11.6 Å². The number of aryl methyl sites for hydroxylation is 1. The van der Waals surface area contributed by atoms with Gasteiger partial charge in [0, 0.05) is 31.2 Å². The Morgan fingerprint density at radius 1 is 1.26 bits per heavy atom. The maximum absolute atomic E-state index is 13.6. The molecule has 5 rings (SSSR count). The third kappa shape index (κ3) is 5.60. The number of hydrogen-bond acceptors (Lipinski definition) is 7. The SMILES string of the molecule is Cc1cc2c(nc1-c1cccc(C(F)(F)F)c1)N(C(=O)Nc1cncc(OC[C@H](C)CO)n1)[C@H]1CCCN2C1. The van der Waals surface area contributed by atoms with E-state index in [1.807, 2.05) is 19.9 Å². The van der Waals surface area contributed by atoms with Crippen LogP contribution in [0.15, 0.2) is 42.7 Å². The standard InChI is InChI=1S/C27H29F3N6O3/c1-16(14-37)15-39-23-12-31-11-22(32-23)33-26(38)36-20-7-4-8-35(13-20)21-9-17(2)24(34-25(21)36)18-5-3-6-19(10-18)27(28,29)30/h3,5-6,9-12,16,20,37H,4,7-8,13-15H2,1-2H3,(H,32,33,38)/t16-,20+/m1/s1. The van der Waals surface area contributed by atoms with E-state index in [4.69, 9.17) is 9.72 Å². The smallest absolute Gasteiger partial charge is 0.416 e. The second-order valence-electron chi connectivity index (χ2n) is 9.96. The van der Waals surface area contributed by atoms with E-state index >= 15 is 0 Å². The number of amides is 2. The number of aliphatic hydroxyl groups is 1. The number of aliphatic hydroxyl groups excluding tert-OH is 1. The molecular formula is C27H29F3N6O3. The number of urea groups is 1. The molecule has 206 valence electrons. The molecule has 2 aromatic heterocycles. The van der Waals surface area contributed by atoms with Crippen molar-refractivity contribution in [3.63, 3.8) is 0 Å². The Morgan fingerprint density at radius 3 is 2.85 bits per heavy atom. The van der Waals surface area contributed by atoms with Crippen molar-refractivity contribution in [2.45, 2.75) is 38.9 Å². The van der Waals surface area contributed by atoms with Gasteiger partial charge in [0.05, 0.1) is 42.0 Å². The van der Waals surface area contributed by atoms with Gasteiger partial charge in [0.2, 0.25) is 5.88 Å². The Kier molecular flexibility index (Phi) is 7.30. The second-order valence-corrected chi connectivity index (χ2v) is 9.96. The van der Waals surface area contributed by atoms with E-state index in [1.165, 1.54) is 18.5 Å². The van der Waals surface area contributed by atoms with E-state index in [9.17, 15) is 23.1 Å². The minimum Gasteiger partial charge on any atom is -0.476 e. The van der Waals surface area contributed by atoms with Gasteiger partial charge in [-0.15, -0.1) is 0 Å². The first-order valence-electron chi connectivity index (χ1n) is 12.7. The monoisotopic (exact) mass is 542 g/mol. The van der Waals surface area contributed by atoms with Crippen LogP contribution in [-0.4, -0.2) is 58.4 Å². The molecule has 2 aliphatic rings. The minimum absolute atomic E-state index is 0.0361. The highest BCUT2D eigenvalue weighted by molar-refractivity contribution is 6.04. The lowest BCUT2D eigenvalue weighted by Gasteiger charge is -2.46. The summed E-state index contributed by atoms with van der Waals surface area (Å²) in [5.41, 5.74) is 1.42. The van der Waals surface area contributed by atoms with Gasteiger partial charge in [-0.05, 0) is 43.5 Å². The first-order chi connectivity index (χ1) is 18.6. The average Bonchev–Trinajstić information content (AvgIpc) is 2.92. The first kappa shape index (κ1) is 26.7. The maximum Gasteiger partial charge on any atom is 0.416 e. The predicted octanol–water partition coefficient (Wildman–Crippen LogP) is 4.89. The number of anilines is 3. The van der Waals surface area contributed by atoms with Gasteiger partial charge in [-0.2, -0.15) is 18.2 Å². The minimum atomic E-state index is -4.48. The lowest BCUT2D eigenvalue weighted by Crippen LogP contribution is -2.56. The molecule has 2 N–H and O–H groups in total. The van der Waals surface area contributed by atoms with E-state index < -0.39 is 17.8 Å².